The lowest BCUT2D eigenvalue weighted by Crippen LogP contribution is -2.19. The van der Waals surface area contributed by atoms with E-state index in [1.54, 1.807) is 0 Å². The zero-order valence-electron chi connectivity index (χ0n) is 11.9. The Balaban J connectivity index is 3.22. The molecule has 0 amide bonds. The van der Waals surface area contributed by atoms with Crippen LogP contribution in [-0.2, 0) is 0 Å². The van der Waals surface area contributed by atoms with Crippen molar-refractivity contribution in [1.29, 1.82) is 0 Å². The zero-order valence-corrected chi connectivity index (χ0v) is 11.9. The standard InChI is InChI=1S/C14H7NO10/c16-10(17)3-1-4(11(18)19)6-5(2-3)15-9(14(24)25)8(13(22)23)7(6)12(20)21/h1-2H,(H,16,17)(H,18,19)(H,20,21)(H,22,23)(H,24,25). The number of carboxylic acids is 5. The third kappa shape index (κ3) is 2.81. The molecule has 1 aromatic carbocycles. The molecule has 0 radical (unpaired) electrons. The second-order valence-electron chi connectivity index (χ2n) is 4.65. The van der Waals surface area contributed by atoms with E-state index in [-0.39, 0.29) is 0 Å². The largest absolute Gasteiger partial charge is 0.478 e. The smallest absolute Gasteiger partial charge is 0.355 e. The molecule has 0 spiro atoms. The highest BCUT2D eigenvalue weighted by Gasteiger charge is 2.31. The van der Waals surface area contributed by atoms with Gasteiger partial charge in [-0.05, 0) is 12.1 Å². The highest BCUT2D eigenvalue weighted by atomic mass is 16.4. The van der Waals surface area contributed by atoms with E-state index < -0.39 is 68.7 Å². The van der Waals surface area contributed by atoms with E-state index in [0.29, 0.717) is 6.07 Å². The highest BCUT2D eigenvalue weighted by molar-refractivity contribution is 6.19. The molecule has 11 nitrogen and oxygen atoms in total. The van der Waals surface area contributed by atoms with Gasteiger partial charge in [-0.3, -0.25) is 0 Å². The van der Waals surface area contributed by atoms with Crippen LogP contribution in [-0.4, -0.2) is 60.4 Å². The van der Waals surface area contributed by atoms with E-state index >= 15 is 0 Å². The van der Waals surface area contributed by atoms with Crippen molar-refractivity contribution in [2.24, 2.45) is 0 Å². The summed E-state index contributed by atoms with van der Waals surface area (Å²) in [4.78, 5) is 60.0. The molecule has 0 saturated heterocycles. The van der Waals surface area contributed by atoms with Crippen molar-refractivity contribution < 1.29 is 49.5 Å². The molecule has 1 heterocycles. The maximum atomic E-state index is 11.5. The Hall–Kier alpha value is -4.02. The monoisotopic (exact) mass is 349 g/mol. The summed E-state index contributed by atoms with van der Waals surface area (Å²) in [6.07, 6.45) is 0. The molecule has 128 valence electrons. The number of hydrogen-bond donors (Lipinski definition) is 5. The minimum absolute atomic E-state index is 0.586. The van der Waals surface area contributed by atoms with E-state index in [4.69, 9.17) is 15.3 Å². The quantitative estimate of drug-likeness (QED) is 0.509. The van der Waals surface area contributed by atoms with Crippen molar-refractivity contribution >= 4 is 40.7 Å². The van der Waals surface area contributed by atoms with Crippen LogP contribution in [0.15, 0.2) is 12.1 Å². The SMILES string of the molecule is O=C(O)c1cc(C(=O)O)c2c(C(=O)O)c(C(=O)O)c(C(=O)O)nc2c1. The molecule has 25 heavy (non-hydrogen) atoms. The molecule has 0 saturated carbocycles. The Kier molecular flexibility index (Phi) is 4.08. The number of hydrogen-bond acceptors (Lipinski definition) is 6. The van der Waals surface area contributed by atoms with E-state index in [1.807, 2.05) is 0 Å². The molecular formula is C14H7NO10. The number of carboxylic acid groups (broad SMARTS) is 5. The first-order valence-corrected chi connectivity index (χ1v) is 6.24. The van der Waals surface area contributed by atoms with Crippen molar-refractivity contribution in [3.63, 3.8) is 0 Å². The average Bonchev–Trinajstić information content (AvgIpc) is 2.50. The van der Waals surface area contributed by atoms with E-state index in [0.717, 1.165) is 6.07 Å². The summed E-state index contributed by atoms with van der Waals surface area (Å²) in [7, 11) is 0. The molecule has 2 aromatic rings. The molecule has 5 N–H and O–H groups in total. The van der Waals surface area contributed by atoms with Crippen LogP contribution >= 0.6 is 0 Å². The number of benzene rings is 1. The second kappa shape index (κ2) is 5.88. The van der Waals surface area contributed by atoms with Crippen molar-refractivity contribution in [3.05, 3.63) is 40.1 Å². The van der Waals surface area contributed by atoms with Gasteiger partial charge in [0.25, 0.3) is 0 Å². The highest BCUT2D eigenvalue weighted by Crippen LogP contribution is 2.29. The molecule has 2 rings (SSSR count). The van der Waals surface area contributed by atoms with E-state index in [2.05, 4.69) is 4.98 Å². The van der Waals surface area contributed by atoms with Gasteiger partial charge < -0.3 is 25.5 Å². The molecule has 0 unspecified atom stereocenters. The van der Waals surface area contributed by atoms with Crippen LogP contribution in [0.1, 0.15) is 51.9 Å². The van der Waals surface area contributed by atoms with Crippen molar-refractivity contribution in [2.75, 3.05) is 0 Å². The molecule has 0 bridgehead atoms. The first-order valence-electron chi connectivity index (χ1n) is 6.24. The topological polar surface area (TPSA) is 199 Å². The predicted octanol–water partition coefficient (Wildman–Crippen LogP) is 0.726. The summed E-state index contributed by atoms with van der Waals surface area (Å²) in [6, 6.07) is 1.39. The van der Waals surface area contributed by atoms with Crippen LogP contribution < -0.4 is 0 Å². The summed E-state index contributed by atoms with van der Waals surface area (Å²) >= 11 is 0. The zero-order chi connectivity index (χ0) is 19.0. The summed E-state index contributed by atoms with van der Waals surface area (Å²) in [5, 5.41) is 45.1. The maximum Gasteiger partial charge on any atom is 0.355 e. The molecule has 11 heteroatoms. The average molecular weight is 349 g/mol. The Morgan fingerprint density at radius 2 is 1.24 bits per heavy atom. The Morgan fingerprint density at radius 1 is 0.680 bits per heavy atom. The van der Waals surface area contributed by atoms with Crippen LogP contribution in [0.4, 0.5) is 0 Å². The van der Waals surface area contributed by atoms with Crippen LogP contribution in [0, 0.1) is 0 Å². The molecule has 0 aliphatic rings. The minimum Gasteiger partial charge on any atom is -0.478 e. The number of aromatic nitrogens is 1. The van der Waals surface area contributed by atoms with Gasteiger partial charge in [-0.15, -0.1) is 0 Å². The first kappa shape index (κ1) is 17.3. The van der Waals surface area contributed by atoms with Gasteiger partial charge in [0, 0.05) is 5.39 Å². The lowest BCUT2D eigenvalue weighted by molar-refractivity contribution is 0.0631. The van der Waals surface area contributed by atoms with Crippen molar-refractivity contribution in [3.8, 4) is 0 Å². The number of aromatic carboxylic acids is 5. The molecule has 1 aromatic heterocycles. The van der Waals surface area contributed by atoms with Crippen LogP contribution in [0.3, 0.4) is 0 Å². The number of pyridine rings is 1. The van der Waals surface area contributed by atoms with Crippen molar-refractivity contribution in [1.82, 2.24) is 4.98 Å². The number of nitrogens with zero attached hydrogens (tertiary/aromatic N) is 1. The van der Waals surface area contributed by atoms with Crippen molar-refractivity contribution in [2.45, 2.75) is 0 Å². The Bertz CT molecular complexity index is 991. The Labute approximate surface area is 136 Å². The Morgan fingerprint density at radius 3 is 1.64 bits per heavy atom. The van der Waals surface area contributed by atoms with Crippen LogP contribution in [0.2, 0.25) is 0 Å². The molecule has 0 aliphatic heterocycles. The van der Waals surface area contributed by atoms with Gasteiger partial charge in [-0.2, -0.15) is 0 Å². The molecule has 0 fully saturated rings. The fourth-order valence-corrected chi connectivity index (χ4v) is 2.27. The van der Waals surface area contributed by atoms with E-state index in [1.165, 1.54) is 0 Å². The molecule has 0 aliphatic carbocycles. The van der Waals surface area contributed by atoms with Gasteiger partial charge >= 0.3 is 29.8 Å². The van der Waals surface area contributed by atoms with Crippen LogP contribution in [0.25, 0.3) is 10.9 Å². The lowest BCUT2D eigenvalue weighted by Gasteiger charge is -2.12. The molecule has 0 atom stereocenters. The molecular weight excluding hydrogens is 342 g/mol. The fourth-order valence-electron chi connectivity index (χ4n) is 2.27. The van der Waals surface area contributed by atoms with Gasteiger partial charge in [-0.25, -0.2) is 29.0 Å². The lowest BCUT2D eigenvalue weighted by atomic mass is 9.94. The third-order valence-corrected chi connectivity index (χ3v) is 3.19. The minimum atomic E-state index is -1.94. The third-order valence-electron chi connectivity index (χ3n) is 3.19. The number of rotatable bonds is 5. The summed E-state index contributed by atoms with van der Waals surface area (Å²) < 4.78 is 0. The van der Waals surface area contributed by atoms with Gasteiger partial charge in [0.1, 0.15) is 5.56 Å². The van der Waals surface area contributed by atoms with Gasteiger partial charge in [0.05, 0.1) is 22.2 Å². The van der Waals surface area contributed by atoms with Crippen LogP contribution in [0.5, 0.6) is 0 Å². The van der Waals surface area contributed by atoms with Gasteiger partial charge in [-0.1, -0.05) is 0 Å². The second-order valence-corrected chi connectivity index (χ2v) is 4.65. The normalized spacial score (nSPS) is 10.4. The summed E-state index contributed by atoms with van der Waals surface area (Å²) in [6.45, 7) is 0. The van der Waals surface area contributed by atoms with Gasteiger partial charge in [0.2, 0.25) is 0 Å². The fraction of sp³-hybridized carbons (Fsp3) is 0. The number of carbonyl (C=O) groups is 5. The summed E-state index contributed by atoms with van der Waals surface area (Å²) in [5.74, 6) is -9.03. The summed E-state index contributed by atoms with van der Waals surface area (Å²) in [5.41, 5.74) is -5.48. The first-order chi connectivity index (χ1) is 11.6. The van der Waals surface area contributed by atoms with Gasteiger partial charge in [0.15, 0.2) is 5.69 Å². The number of fused-ring (bicyclic) bond motifs is 1. The maximum absolute atomic E-state index is 11.5. The van der Waals surface area contributed by atoms with E-state index in [9.17, 15) is 34.2 Å². The predicted molar refractivity (Wildman–Crippen MR) is 76.5 cm³/mol.